The molecule has 0 bridgehead atoms. The summed E-state index contributed by atoms with van der Waals surface area (Å²) < 4.78 is 13.7. The number of amides is 1. The lowest BCUT2D eigenvalue weighted by Crippen LogP contribution is -2.30. The second-order valence-corrected chi connectivity index (χ2v) is 10.2. The van der Waals surface area contributed by atoms with E-state index in [2.05, 4.69) is 45.1 Å². The number of anilines is 1. The van der Waals surface area contributed by atoms with E-state index >= 15 is 0 Å². The lowest BCUT2D eigenvalue weighted by atomic mass is 10.0. The molecule has 2 aromatic heterocycles. The molecule has 4 rings (SSSR count). The molecular weight excluding hydrogens is 463 g/mol. The van der Waals surface area contributed by atoms with Crippen LogP contribution in [0.5, 0.6) is 0 Å². The largest absolute Gasteiger partial charge is 0.356 e. The average Bonchev–Trinajstić information content (AvgIpc) is 3.49. The Morgan fingerprint density at radius 3 is 2.59 bits per heavy atom. The van der Waals surface area contributed by atoms with Crippen LogP contribution >= 0.6 is 34.4 Å². The van der Waals surface area contributed by atoms with Crippen LogP contribution in [0.3, 0.4) is 0 Å². The summed E-state index contributed by atoms with van der Waals surface area (Å²) in [5.41, 5.74) is 3.19. The van der Waals surface area contributed by atoms with E-state index in [1.54, 1.807) is 23.5 Å². The highest BCUT2D eigenvalue weighted by Gasteiger charge is 2.18. The molecule has 4 aromatic rings. The second-order valence-electron chi connectivity index (χ2n) is 7.07. The molecule has 32 heavy (non-hydrogen) atoms. The highest BCUT2D eigenvalue weighted by molar-refractivity contribution is 8.01. The van der Waals surface area contributed by atoms with Crippen molar-refractivity contribution in [2.24, 2.45) is 0 Å². The van der Waals surface area contributed by atoms with Crippen LogP contribution in [0.4, 0.5) is 9.52 Å². The van der Waals surface area contributed by atoms with E-state index in [0.717, 1.165) is 16.0 Å². The SMILES string of the molecule is Cc1ccc(C(NC(=O)CSc2nnc(NCc3ccc(F)cc3)s2)c2cccs2)cc1. The Bertz CT molecular complexity index is 1140. The first-order valence-electron chi connectivity index (χ1n) is 9.91. The summed E-state index contributed by atoms with van der Waals surface area (Å²) in [7, 11) is 0. The normalized spacial score (nSPS) is 11.8. The van der Waals surface area contributed by atoms with Gasteiger partial charge in [0.05, 0.1) is 11.8 Å². The van der Waals surface area contributed by atoms with Crippen LogP contribution in [0.15, 0.2) is 70.4 Å². The number of carbonyl (C=O) groups is 1. The van der Waals surface area contributed by atoms with Gasteiger partial charge in [-0.15, -0.1) is 21.5 Å². The van der Waals surface area contributed by atoms with Crippen molar-refractivity contribution in [3.8, 4) is 0 Å². The highest BCUT2D eigenvalue weighted by atomic mass is 32.2. The Hall–Kier alpha value is -2.75. The van der Waals surface area contributed by atoms with E-state index in [-0.39, 0.29) is 23.5 Å². The second kappa shape index (κ2) is 10.7. The summed E-state index contributed by atoms with van der Waals surface area (Å²) >= 11 is 4.37. The molecule has 0 saturated heterocycles. The van der Waals surface area contributed by atoms with Gasteiger partial charge in [0.2, 0.25) is 11.0 Å². The monoisotopic (exact) mass is 484 g/mol. The number of carbonyl (C=O) groups excluding carboxylic acids is 1. The third kappa shape index (κ3) is 6.15. The first-order chi connectivity index (χ1) is 15.6. The molecule has 0 aliphatic rings. The fraction of sp³-hybridized carbons (Fsp3) is 0.174. The standard InChI is InChI=1S/C23H21FN4OS3/c1-15-4-8-17(9-5-15)21(19-3-2-12-30-19)26-20(29)14-31-23-28-27-22(32-23)25-13-16-6-10-18(24)11-7-16/h2-12,21H,13-14H2,1H3,(H,25,27)(H,26,29). The summed E-state index contributed by atoms with van der Waals surface area (Å²) in [5, 5.41) is 17.3. The van der Waals surface area contributed by atoms with Crippen molar-refractivity contribution in [3.63, 3.8) is 0 Å². The maximum Gasteiger partial charge on any atom is 0.231 e. The number of rotatable bonds is 9. The van der Waals surface area contributed by atoms with Crippen molar-refractivity contribution in [1.29, 1.82) is 0 Å². The zero-order chi connectivity index (χ0) is 22.3. The maximum absolute atomic E-state index is 13.0. The first kappa shape index (κ1) is 22.4. The summed E-state index contributed by atoms with van der Waals surface area (Å²) in [6, 6.07) is 18.4. The van der Waals surface area contributed by atoms with E-state index in [0.29, 0.717) is 16.0 Å². The van der Waals surface area contributed by atoms with Crippen molar-refractivity contribution in [2.75, 3.05) is 11.1 Å². The number of thioether (sulfide) groups is 1. The minimum Gasteiger partial charge on any atom is -0.356 e. The predicted octanol–water partition coefficient (Wildman–Crippen LogP) is 5.66. The lowest BCUT2D eigenvalue weighted by molar-refractivity contribution is -0.119. The third-order valence-corrected chi connectivity index (χ3v) is 7.59. The molecule has 2 heterocycles. The summed E-state index contributed by atoms with van der Waals surface area (Å²) in [6.45, 7) is 2.57. The van der Waals surface area contributed by atoms with Crippen molar-refractivity contribution in [1.82, 2.24) is 15.5 Å². The molecule has 9 heteroatoms. The minimum atomic E-state index is -0.259. The molecule has 1 unspecified atom stereocenters. The van der Waals surface area contributed by atoms with Crippen LogP contribution in [0.1, 0.15) is 27.6 Å². The van der Waals surface area contributed by atoms with Gasteiger partial charge in [0.25, 0.3) is 0 Å². The molecule has 2 N–H and O–H groups in total. The number of nitrogens with one attached hydrogen (secondary N) is 2. The van der Waals surface area contributed by atoms with Gasteiger partial charge in [-0.3, -0.25) is 4.79 Å². The van der Waals surface area contributed by atoms with Gasteiger partial charge in [0, 0.05) is 11.4 Å². The van der Waals surface area contributed by atoms with Crippen molar-refractivity contribution >= 4 is 45.5 Å². The summed E-state index contributed by atoms with van der Waals surface area (Å²) in [4.78, 5) is 13.8. The molecular formula is C23H21FN4OS3. The molecule has 0 fully saturated rings. The fourth-order valence-corrected chi connectivity index (χ4v) is 5.34. The van der Waals surface area contributed by atoms with Crippen molar-refractivity contribution in [3.05, 3.63) is 93.4 Å². The number of benzene rings is 2. The Kier molecular flexibility index (Phi) is 7.51. The molecule has 1 amide bonds. The van der Waals surface area contributed by atoms with Gasteiger partial charge in [0.15, 0.2) is 4.34 Å². The average molecular weight is 485 g/mol. The van der Waals surface area contributed by atoms with Crippen LogP contribution in [-0.4, -0.2) is 21.9 Å². The quantitative estimate of drug-likeness (QED) is 0.300. The minimum absolute atomic E-state index is 0.0648. The van der Waals surface area contributed by atoms with E-state index in [1.807, 2.05) is 24.4 Å². The van der Waals surface area contributed by atoms with E-state index in [1.165, 1.54) is 40.8 Å². The number of hydrogen-bond donors (Lipinski definition) is 2. The Labute approximate surface area is 198 Å². The van der Waals surface area contributed by atoms with Gasteiger partial charge in [0.1, 0.15) is 5.82 Å². The number of hydrogen-bond acceptors (Lipinski definition) is 7. The van der Waals surface area contributed by atoms with E-state index in [9.17, 15) is 9.18 Å². The summed E-state index contributed by atoms with van der Waals surface area (Å²) in [5.74, 6) is -0.0734. The topological polar surface area (TPSA) is 66.9 Å². The van der Waals surface area contributed by atoms with E-state index < -0.39 is 0 Å². The summed E-state index contributed by atoms with van der Waals surface area (Å²) in [6.07, 6.45) is 0. The van der Waals surface area contributed by atoms with Crippen LogP contribution < -0.4 is 10.6 Å². The van der Waals surface area contributed by atoms with Crippen LogP contribution in [-0.2, 0) is 11.3 Å². The third-order valence-electron chi connectivity index (χ3n) is 4.63. The van der Waals surface area contributed by atoms with Gasteiger partial charge in [-0.1, -0.05) is 71.1 Å². The number of halogens is 1. The molecule has 0 saturated carbocycles. The smallest absolute Gasteiger partial charge is 0.231 e. The Balaban J connectivity index is 1.31. The predicted molar refractivity (Wildman–Crippen MR) is 130 cm³/mol. The molecule has 1 atom stereocenters. The van der Waals surface area contributed by atoms with Gasteiger partial charge in [-0.2, -0.15) is 0 Å². The van der Waals surface area contributed by atoms with Crippen molar-refractivity contribution in [2.45, 2.75) is 23.8 Å². The van der Waals surface area contributed by atoms with Gasteiger partial charge in [-0.25, -0.2) is 4.39 Å². The molecule has 2 aromatic carbocycles. The number of nitrogens with zero attached hydrogens (tertiary/aromatic N) is 2. The van der Waals surface area contributed by atoms with Gasteiger partial charge >= 0.3 is 0 Å². The van der Waals surface area contributed by atoms with E-state index in [4.69, 9.17) is 0 Å². The Morgan fingerprint density at radius 1 is 1.09 bits per heavy atom. The maximum atomic E-state index is 13.0. The number of aryl methyl sites for hydroxylation is 1. The fourth-order valence-electron chi connectivity index (χ4n) is 2.98. The van der Waals surface area contributed by atoms with Gasteiger partial charge in [-0.05, 0) is 41.6 Å². The zero-order valence-electron chi connectivity index (χ0n) is 17.2. The first-order valence-corrected chi connectivity index (χ1v) is 12.6. The molecule has 0 aliphatic heterocycles. The Morgan fingerprint density at radius 2 is 1.88 bits per heavy atom. The zero-order valence-corrected chi connectivity index (χ0v) is 19.7. The van der Waals surface area contributed by atoms with Crippen LogP contribution in [0, 0.1) is 12.7 Å². The van der Waals surface area contributed by atoms with Crippen LogP contribution in [0.25, 0.3) is 0 Å². The molecule has 5 nitrogen and oxygen atoms in total. The molecule has 0 radical (unpaired) electrons. The van der Waals surface area contributed by atoms with Gasteiger partial charge < -0.3 is 10.6 Å². The highest BCUT2D eigenvalue weighted by Crippen LogP contribution is 2.28. The molecule has 164 valence electrons. The molecule has 0 spiro atoms. The number of aromatic nitrogens is 2. The van der Waals surface area contributed by atoms with Crippen LogP contribution in [0.2, 0.25) is 0 Å². The molecule has 0 aliphatic carbocycles. The number of thiophene rings is 1. The lowest BCUT2D eigenvalue weighted by Gasteiger charge is -2.18. The van der Waals surface area contributed by atoms with Crippen molar-refractivity contribution < 1.29 is 9.18 Å².